The van der Waals surface area contributed by atoms with Gasteiger partial charge in [0.2, 0.25) is 0 Å². The Bertz CT molecular complexity index is 2320. The first-order valence-electron chi connectivity index (χ1n) is 18.9. The molecule has 0 radical (unpaired) electrons. The predicted octanol–water partition coefficient (Wildman–Crippen LogP) is 8.08. The Kier molecular flexibility index (Phi) is 12.3. The van der Waals surface area contributed by atoms with E-state index >= 15 is 0 Å². The van der Waals surface area contributed by atoms with Crippen LogP contribution in [0, 0.1) is 0 Å². The molecule has 0 saturated heterocycles. The topological polar surface area (TPSA) is 0 Å². The summed E-state index contributed by atoms with van der Waals surface area (Å²) in [5.74, 6) is 0. The zero-order valence-electron chi connectivity index (χ0n) is 32.4. The second-order valence-corrected chi connectivity index (χ2v) is 23.3. The molecule has 0 spiro atoms. The standard InChI is InChI=1S/C33H33.C13H9Cl.C5H5.2ClH.Zr/c1-32(2,3)30-20-26-24(18-28(30)22-13-9-7-10-14-22)17-25-19-29(23-15-11-8-12-16-23)31(21-27(25)26)33(4,5)6;14-13-8-4-7-12(10-13)9-11-5-2-1-3-6-11;1-2-4-5-3-1;;;/h7-21H,1-6H3;1-8,10H;1-3H,4H2;2*1H;/q;;;;;+2/p-2. The van der Waals surface area contributed by atoms with Gasteiger partial charge in [0.15, 0.2) is 0 Å². The van der Waals surface area contributed by atoms with Crippen LogP contribution in [0.3, 0.4) is 0 Å². The van der Waals surface area contributed by atoms with Crippen molar-refractivity contribution in [3.63, 3.8) is 0 Å². The van der Waals surface area contributed by atoms with E-state index in [1.165, 1.54) is 70.0 Å². The summed E-state index contributed by atoms with van der Waals surface area (Å²) in [6.45, 7) is 14.2. The third kappa shape index (κ3) is 8.02. The Morgan fingerprint density at radius 2 is 1.02 bits per heavy atom. The fourth-order valence-corrected chi connectivity index (χ4v) is 17.6. The molecule has 8 rings (SSSR count). The van der Waals surface area contributed by atoms with Crippen molar-refractivity contribution in [2.24, 2.45) is 0 Å². The first kappa shape index (κ1) is 41.1. The van der Waals surface area contributed by atoms with Gasteiger partial charge in [-0.15, -0.1) is 0 Å². The third-order valence-corrected chi connectivity index (χ3v) is 19.5. The smallest absolute Gasteiger partial charge is 1.00 e. The first-order chi connectivity index (χ1) is 25.5. The number of allylic oxidation sites excluding steroid dienone is 4. The van der Waals surface area contributed by atoms with Crippen molar-refractivity contribution in [3.05, 3.63) is 199 Å². The molecule has 55 heavy (non-hydrogen) atoms. The molecule has 0 aliphatic heterocycles. The third-order valence-electron chi connectivity index (χ3n) is 10.9. The van der Waals surface area contributed by atoms with Gasteiger partial charge in [0.05, 0.1) is 0 Å². The van der Waals surface area contributed by atoms with Crippen molar-refractivity contribution in [3.8, 4) is 33.4 Å². The first-order valence-corrected chi connectivity index (χ1v) is 23.1. The van der Waals surface area contributed by atoms with E-state index in [2.05, 4.69) is 193 Å². The predicted molar refractivity (Wildman–Crippen MR) is 225 cm³/mol. The van der Waals surface area contributed by atoms with Crippen LogP contribution in [0.2, 0.25) is 5.02 Å². The van der Waals surface area contributed by atoms with E-state index in [9.17, 15) is 0 Å². The molecular formula is C51H47Cl3Zr. The summed E-state index contributed by atoms with van der Waals surface area (Å²) in [4.78, 5) is 0. The monoisotopic (exact) mass is 854 g/mol. The van der Waals surface area contributed by atoms with Crippen LogP contribution in [0.4, 0.5) is 0 Å². The Labute approximate surface area is 353 Å². The van der Waals surface area contributed by atoms with Gasteiger partial charge in [0.1, 0.15) is 0 Å². The van der Waals surface area contributed by atoms with Crippen molar-refractivity contribution >= 4 is 14.8 Å². The second kappa shape index (κ2) is 16.5. The number of halogens is 3. The van der Waals surface area contributed by atoms with Gasteiger partial charge >= 0.3 is 331 Å². The van der Waals surface area contributed by atoms with Gasteiger partial charge in [-0.25, -0.2) is 0 Å². The van der Waals surface area contributed by atoms with Crippen molar-refractivity contribution in [1.29, 1.82) is 0 Å². The molecule has 0 unspecified atom stereocenters. The molecule has 0 amide bonds. The van der Waals surface area contributed by atoms with Crippen molar-refractivity contribution < 1.29 is 46.1 Å². The van der Waals surface area contributed by atoms with E-state index in [0.717, 1.165) is 11.4 Å². The van der Waals surface area contributed by atoms with Crippen molar-refractivity contribution in [2.75, 3.05) is 0 Å². The summed E-state index contributed by atoms with van der Waals surface area (Å²) in [5, 5.41) is 0.784. The summed E-state index contributed by atoms with van der Waals surface area (Å²) in [7, 11) is 0. The van der Waals surface area contributed by atoms with E-state index in [1.54, 1.807) is 3.28 Å². The Morgan fingerprint density at radius 3 is 1.45 bits per heavy atom. The number of hydrogen-bond donors (Lipinski definition) is 0. The fraction of sp³-hybridized carbons (Fsp3) is 0.196. The number of fused-ring (bicyclic) bond motifs is 3. The minimum absolute atomic E-state index is 0. The Balaban J connectivity index is 0.00000257. The minimum atomic E-state index is -2.98. The van der Waals surface area contributed by atoms with Gasteiger partial charge < -0.3 is 24.8 Å². The van der Waals surface area contributed by atoms with Crippen LogP contribution < -0.4 is 24.8 Å². The number of rotatable bonds is 6. The van der Waals surface area contributed by atoms with Crippen molar-refractivity contribution in [2.45, 2.75) is 62.4 Å². The van der Waals surface area contributed by atoms with Gasteiger partial charge in [0.25, 0.3) is 0 Å². The van der Waals surface area contributed by atoms with Gasteiger partial charge in [-0.1, -0.05) is 0 Å². The molecule has 0 heterocycles. The SMILES string of the molecule is CC(C)(C)c1cc2c(cc1-c1ccccc1)[CH](/[Zr+2]([C]1=CC=CC1)=[C](\c1ccccc1)c1cccc(Cl)c1)c1cc(-c3ccccc3)c(C(C)(C)C)cc1-2.[Cl-].[Cl-]. The normalized spacial score (nSPS) is 13.7. The second-order valence-electron chi connectivity index (χ2n) is 16.6. The zero-order valence-corrected chi connectivity index (χ0v) is 37.2. The van der Waals surface area contributed by atoms with Crippen LogP contribution in [-0.2, 0) is 32.1 Å². The maximum atomic E-state index is 6.84. The van der Waals surface area contributed by atoms with Crippen LogP contribution >= 0.6 is 11.6 Å². The molecule has 0 bridgehead atoms. The van der Waals surface area contributed by atoms with Gasteiger partial charge in [0, 0.05) is 0 Å². The average Bonchev–Trinajstić information content (AvgIpc) is 3.80. The van der Waals surface area contributed by atoms with Gasteiger partial charge in [-0.05, 0) is 0 Å². The minimum Gasteiger partial charge on any atom is -1.00 e. The molecule has 0 aromatic heterocycles. The van der Waals surface area contributed by atoms with E-state index in [-0.39, 0.29) is 39.3 Å². The molecule has 2 aliphatic rings. The summed E-state index contributed by atoms with van der Waals surface area (Å²) in [6.07, 6.45) is 8.13. The number of benzene rings is 6. The van der Waals surface area contributed by atoms with Crippen LogP contribution in [0.1, 0.15) is 85.0 Å². The van der Waals surface area contributed by atoms with Gasteiger partial charge in [-0.3, -0.25) is 0 Å². The molecule has 6 aromatic rings. The van der Waals surface area contributed by atoms with E-state index < -0.39 is 21.3 Å². The zero-order chi connectivity index (χ0) is 36.9. The summed E-state index contributed by atoms with van der Waals surface area (Å²) >= 11 is 3.86. The molecule has 0 fully saturated rings. The van der Waals surface area contributed by atoms with Crippen LogP contribution in [0.5, 0.6) is 0 Å². The Morgan fingerprint density at radius 1 is 0.545 bits per heavy atom. The van der Waals surface area contributed by atoms with Crippen LogP contribution in [0.25, 0.3) is 33.4 Å². The molecule has 276 valence electrons. The summed E-state index contributed by atoms with van der Waals surface area (Å²) in [5.41, 5.74) is 16.3. The molecule has 0 nitrogen and oxygen atoms in total. The molecule has 0 N–H and O–H groups in total. The summed E-state index contributed by atoms with van der Waals surface area (Å²) < 4.78 is 3.39. The fourth-order valence-electron chi connectivity index (χ4n) is 8.47. The molecule has 6 aromatic carbocycles. The molecular weight excluding hydrogens is 810 g/mol. The summed E-state index contributed by atoms with van der Waals surface area (Å²) in [6, 6.07) is 52.3. The van der Waals surface area contributed by atoms with E-state index in [1.807, 2.05) is 6.07 Å². The van der Waals surface area contributed by atoms with E-state index in [4.69, 9.17) is 11.6 Å². The molecule has 0 saturated carbocycles. The van der Waals surface area contributed by atoms with Crippen LogP contribution in [0.15, 0.2) is 161 Å². The van der Waals surface area contributed by atoms with Crippen molar-refractivity contribution in [1.82, 2.24) is 0 Å². The Hall–Kier alpha value is -3.58. The quantitative estimate of drug-likeness (QED) is 0.159. The maximum Gasteiger partial charge on any atom is -1.00 e. The average molecular weight is 858 g/mol. The molecule has 0 atom stereocenters. The molecule has 2 aliphatic carbocycles. The maximum absolute atomic E-state index is 6.84. The van der Waals surface area contributed by atoms with E-state index in [0.29, 0.717) is 0 Å². The molecule has 4 heteroatoms. The van der Waals surface area contributed by atoms with Gasteiger partial charge in [-0.2, -0.15) is 0 Å². The van der Waals surface area contributed by atoms with Crippen LogP contribution in [-0.4, -0.2) is 3.21 Å². The largest absolute Gasteiger partial charge is 1.00 e. The number of hydrogen-bond acceptors (Lipinski definition) is 0.